The zero-order valence-corrected chi connectivity index (χ0v) is 20.8. The Morgan fingerprint density at radius 3 is 2.65 bits per heavy atom. The fourth-order valence-electron chi connectivity index (χ4n) is 3.92. The second-order valence-corrected chi connectivity index (χ2v) is 8.50. The number of carbonyl (C=O) groups is 1. The average molecular weight is 500 g/mol. The molecule has 37 heavy (non-hydrogen) atoms. The largest absolute Gasteiger partial charge is 0.497 e. The molecule has 0 unspecified atom stereocenters. The van der Waals surface area contributed by atoms with Crippen LogP contribution in [-0.4, -0.2) is 49.2 Å². The Morgan fingerprint density at radius 1 is 1.05 bits per heavy atom. The van der Waals surface area contributed by atoms with Crippen LogP contribution in [0, 0.1) is 20.8 Å². The lowest BCUT2D eigenvalue weighted by molar-refractivity contribution is -0.118. The molecule has 0 spiro atoms. The predicted octanol–water partition coefficient (Wildman–Crippen LogP) is 3.25. The van der Waals surface area contributed by atoms with Crippen molar-refractivity contribution in [3.8, 4) is 23.1 Å². The van der Waals surface area contributed by atoms with Crippen LogP contribution in [0.4, 0.5) is 5.82 Å². The molecular weight excluding hydrogens is 474 g/mol. The molecule has 0 saturated heterocycles. The number of aromatic amines is 1. The highest BCUT2D eigenvalue weighted by Gasteiger charge is 2.18. The van der Waals surface area contributed by atoms with E-state index in [1.54, 1.807) is 49.0 Å². The molecular formula is C26H25N7O4. The first-order valence-corrected chi connectivity index (χ1v) is 11.5. The van der Waals surface area contributed by atoms with Gasteiger partial charge in [-0.05, 0) is 50.1 Å². The maximum Gasteiger partial charge on any atom is 0.263 e. The van der Waals surface area contributed by atoms with E-state index in [0.717, 1.165) is 16.8 Å². The Bertz CT molecular complexity index is 1680. The average Bonchev–Trinajstić information content (AvgIpc) is 3.48. The highest BCUT2D eigenvalue weighted by atomic mass is 16.5. The first-order valence-electron chi connectivity index (χ1n) is 11.5. The minimum absolute atomic E-state index is 0.140. The summed E-state index contributed by atoms with van der Waals surface area (Å²) in [7, 11) is 1.56. The maximum atomic E-state index is 12.9. The summed E-state index contributed by atoms with van der Waals surface area (Å²) in [6.45, 7) is 5.54. The molecule has 0 bridgehead atoms. The van der Waals surface area contributed by atoms with Crippen LogP contribution in [-0.2, 0) is 4.79 Å². The number of methoxy groups -OCH3 is 1. The number of aryl methyl sites for hydroxylation is 2. The van der Waals surface area contributed by atoms with Crippen molar-refractivity contribution in [1.82, 2.24) is 29.5 Å². The molecule has 3 heterocycles. The summed E-state index contributed by atoms with van der Waals surface area (Å²) < 4.78 is 13.8. The van der Waals surface area contributed by atoms with E-state index in [4.69, 9.17) is 9.47 Å². The lowest BCUT2D eigenvalue weighted by Crippen LogP contribution is -2.23. The van der Waals surface area contributed by atoms with Crippen LogP contribution in [0.1, 0.15) is 16.8 Å². The maximum absolute atomic E-state index is 12.9. The smallest absolute Gasteiger partial charge is 0.263 e. The number of rotatable bonds is 7. The fraction of sp³-hybridized carbons (Fsp3) is 0.192. The highest BCUT2D eigenvalue weighted by Crippen LogP contribution is 2.22. The standard InChI is InChI=1S/C26H25N7O4/c1-15-7-5-10-21(17(15)3)32-24-20(13-27-32)25(35)30-26(29-24)33-22(11-16(2)31-33)28-23(34)14-37-19-9-6-8-18(12-19)36-4/h5-13H,14H2,1-4H3,(H,28,34)(H,29,30,35). The minimum Gasteiger partial charge on any atom is -0.497 e. The van der Waals surface area contributed by atoms with E-state index in [9.17, 15) is 9.59 Å². The van der Waals surface area contributed by atoms with E-state index in [1.807, 2.05) is 32.0 Å². The quantitative estimate of drug-likeness (QED) is 0.352. The zero-order valence-electron chi connectivity index (χ0n) is 20.8. The summed E-state index contributed by atoms with van der Waals surface area (Å²) in [5.41, 5.74) is 3.56. The first kappa shape index (κ1) is 23.8. The minimum atomic E-state index is -0.409. The summed E-state index contributed by atoms with van der Waals surface area (Å²) in [6.07, 6.45) is 1.49. The van der Waals surface area contributed by atoms with Crippen LogP contribution in [0.3, 0.4) is 0 Å². The third-order valence-electron chi connectivity index (χ3n) is 5.94. The number of hydrogen-bond acceptors (Lipinski definition) is 7. The fourth-order valence-corrected chi connectivity index (χ4v) is 3.92. The van der Waals surface area contributed by atoms with Gasteiger partial charge in [0.1, 0.15) is 22.7 Å². The van der Waals surface area contributed by atoms with Crippen LogP contribution < -0.4 is 20.3 Å². The predicted molar refractivity (Wildman–Crippen MR) is 138 cm³/mol. The summed E-state index contributed by atoms with van der Waals surface area (Å²) in [4.78, 5) is 33.0. The molecule has 0 radical (unpaired) electrons. The topological polar surface area (TPSA) is 129 Å². The number of nitrogens with one attached hydrogen (secondary N) is 2. The van der Waals surface area contributed by atoms with Gasteiger partial charge in [0.2, 0.25) is 5.95 Å². The number of nitrogens with zero attached hydrogens (tertiary/aromatic N) is 5. The van der Waals surface area contributed by atoms with Crippen LogP contribution in [0.15, 0.2) is 59.5 Å². The third kappa shape index (κ3) is 4.66. The Kier molecular flexibility index (Phi) is 6.18. The Labute approximate surface area is 211 Å². The van der Waals surface area contributed by atoms with Crippen molar-refractivity contribution in [3.05, 3.63) is 81.9 Å². The van der Waals surface area contributed by atoms with Gasteiger partial charge < -0.3 is 14.8 Å². The molecule has 2 aromatic carbocycles. The number of amides is 1. The van der Waals surface area contributed by atoms with Crippen LogP contribution in [0.2, 0.25) is 0 Å². The molecule has 5 aromatic rings. The van der Waals surface area contributed by atoms with Crippen LogP contribution in [0.5, 0.6) is 11.5 Å². The van der Waals surface area contributed by atoms with Gasteiger partial charge in [-0.15, -0.1) is 0 Å². The summed E-state index contributed by atoms with van der Waals surface area (Å²) >= 11 is 0. The van der Waals surface area contributed by atoms with Gasteiger partial charge in [0.05, 0.1) is 24.7 Å². The van der Waals surface area contributed by atoms with Gasteiger partial charge >= 0.3 is 0 Å². The molecule has 5 rings (SSSR count). The van der Waals surface area contributed by atoms with E-state index in [2.05, 4.69) is 25.5 Å². The molecule has 0 aliphatic rings. The molecule has 2 N–H and O–H groups in total. The Balaban J connectivity index is 1.46. The molecule has 11 nitrogen and oxygen atoms in total. The van der Waals surface area contributed by atoms with Crippen molar-refractivity contribution in [1.29, 1.82) is 0 Å². The van der Waals surface area contributed by atoms with Crippen LogP contribution >= 0.6 is 0 Å². The number of carbonyl (C=O) groups excluding carboxylic acids is 1. The van der Waals surface area contributed by atoms with Gasteiger partial charge in [-0.2, -0.15) is 19.9 Å². The van der Waals surface area contributed by atoms with E-state index in [0.29, 0.717) is 34.0 Å². The van der Waals surface area contributed by atoms with Gasteiger partial charge in [-0.3, -0.25) is 14.6 Å². The molecule has 11 heteroatoms. The number of ether oxygens (including phenoxy) is 2. The Morgan fingerprint density at radius 2 is 1.84 bits per heavy atom. The highest BCUT2D eigenvalue weighted by molar-refractivity contribution is 5.91. The van der Waals surface area contributed by atoms with Gasteiger partial charge in [-0.1, -0.05) is 18.2 Å². The summed E-state index contributed by atoms with van der Waals surface area (Å²) in [5, 5.41) is 11.9. The van der Waals surface area contributed by atoms with Crippen molar-refractivity contribution < 1.29 is 14.3 Å². The number of fused-ring (bicyclic) bond motifs is 1. The lowest BCUT2D eigenvalue weighted by atomic mass is 10.1. The van der Waals surface area contributed by atoms with Gasteiger partial charge in [0.25, 0.3) is 11.5 Å². The van der Waals surface area contributed by atoms with Gasteiger partial charge in [0, 0.05) is 12.1 Å². The molecule has 0 aliphatic carbocycles. The zero-order chi connectivity index (χ0) is 26.1. The number of benzene rings is 2. The third-order valence-corrected chi connectivity index (χ3v) is 5.94. The molecule has 0 atom stereocenters. The van der Waals surface area contributed by atoms with E-state index >= 15 is 0 Å². The van der Waals surface area contributed by atoms with Crippen molar-refractivity contribution in [2.45, 2.75) is 20.8 Å². The molecule has 0 aliphatic heterocycles. The van der Waals surface area contributed by atoms with Crippen molar-refractivity contribution in [3.63, 3.8) is 0 Å². The van der Waals surface area contributed by atoms with Crippen molar-refractivity contribution >= 4 is 22.8 Å². The normalized spacial score (nSPS) is 11.0. The lowest BCUT2D eigenvalue weighted by Gasteiger charge is -2.11. The second kappa shape index (κ2) is 9.61. The van der Waals surface area contributed by atoms with Gasteiger partial charge in [0.15, 0.2) is 12.3 Å². The number of hydrogen-bond donors (Lipinski definition) is 2. The molecule has 0 saturated carbocycles. The molecule has 0 fully saturated rings. The number of aromatic nitrogens is 6. The van der Waals surface area contributed by atoms with E-state index in [1.165, 1.54) is 10.9 Å². The SMILES string of the molecule is COc1cccc(OCC(=O)Nc2cc(C)nn2-c2nc3c(cnn3-c3cccc(C)c3C)c(=O)[nH]2)c1. The van der Waals surface area contributed by atoms with Crippen molar-refractivity contribution in [2.24, 2.45) is 0 Å². The van der Waals surface area contributed by atoms with Gasteiger partial charge in [-0.25, -0.2) is 4.68 Å². The monoisotopic (exact) mass is 499 g/mol. The first-order chi connectivity index (χ1) is 17.8. The van der Waals surface area contributed by atoms with E-state index < -0.39 is 5.91 Å². The van der Waals surface area contributed by atoms with Crippen LogP contribution in [0.25, 0.3) is 22.7 Å². The summed E-state index contributed by atoms with van der Waals surface area (Å²) in [5.74, 6) is 1.18. The number of H-pyrrole nitrogens is 1. The van der Waals surface area contributed by atoms with Crippen molar-refractivity contribution in [2.75, 3.05) is 19.0 Å². The second-order valence-electron chi connectivity index (χ2n) is 8.50. The summed E-state index contributed by atoms with van der Waals surface area (Å²) in [6, 6.07) is 14.5. The van der Waals surface area contributed by atoms with E-state index in [-0.39, 0.29) is 18.1 Å². The number of anilines is 1. The molecule has 3 aromatic heterocycles. The molecule has 188 valence electrons. The Hall–Kier alpha value is -4.93. The molecule has 1 amide bonds.